The maximum absolute atomic E-state index is 11.5. The van der Waals surface area contributed by atoms with Gasteiger partial charge in [0.05, 0.1) is 6.54 Å². The van der Waals surface area contributed by atoms with Crippen LogP contribution in [0.5, 0.6) is 0 Å². The fourth-order valence-corrected chi connectivity index (χ4v) is 3.10. The van der Waals surface area contributed by atoms with Crippen molar-refractivity contribution in [3.05, 3.63) is 29.2 Å². The molecule has 0 aromatic carbocycles. The van der Waals surface area contributed by atoms with Crippen molar-refractivity contribution >= 4 is 33.6 Å². The van der Waals surface area contributed by atoms with E-state index < -0.39 is 0 Å². The lowest BCUT2D eigenvalue weighted by Crippen LogP contribution is -2.14. The Morgan fingerprint density at radius 2 is 2.30 bits per heavy atom. The Morgan fingerprint density at radius 1 is 1.50 bits per heavy atom. The van der Waals surface area contributed by atoms with Crippen molar-refractivity contribution in [3.63, 3.8) is 0 Å². The standard InChI is InChI=1S/C13H11N5OS/c1-17-7-10(19)20-13(17)8(6-14)11-16-9-4-3-5-15-12(9)18(11)2/h3-5H,7H2,1-2H3/b13-8+. The van der Waals surface area contributed by atoms with Crippen molar-refractivity contribution in [2.24, 2.45) is 7.05 Å². The normalized spacial score (nSPS) is 17.6. The van der Waals surface area contributed by atoms with E-state index in [1.165, 1.54) is 0 Å². The van der Waals surface area contributed by atoms with Crippen LogP contribution < -0.4 is 0 Å². The number of pyridine rings is 1. The zero-order chi connectivity index (χ0) is 14.3. The maximum atomic E-state index is 11.5. The summed E-state index contributed by atoms with van der Waals surface area (Å²) in [7, 11) is 3.61. The van der Waals surface area contributed by atoms with E-state index in [1.807, 2.05) is 13.1 Å². The van der Waals surface area contributed by atoms with E-state index in [9.17, 15) is 10.1 Å². The number of thioether (sulfide) groups is 1. The van der Waals surface area contributed by atoms with Gasteiger partial charge in [0, 0.05) is 20.3 Å². The smallest absolute Gasteiger partial charge is 0.214 e. The van der Waals surface area contributed by atoms with Gasteiger partial charge in [0.25, 0.3) is 0 Å². The zero-order valence-corrected chi connectivity index (χ0v) is 11.8. The van der Waals surface area contributed by atoms with E-state index in [0.29, 0.717) is 28.6 Å². The quantitative estimate of drug-likeness (QED) is 0.737. The largest absolute Gasteiger partial charge is 0.360 e. The third kappa shape index (κ3) is 1.85. The number of allylic oxidation sites excluding steroid dienone is 1. The Bertz CT molecular complexity index is 786. The van der Waals surface area contributed by atoms with E-state index in [4.69, 9.17) is 0 Å². The topological polar surface area (TPSA) is 74.8 Å². The SMILES string of the molecule is CN1CC(=O)S/C1=C(\C#N)c1nc2cccnc2n1C. The van der Waals surface area contributed by atoms with Crippen molar-refractivity contribution in [1.82, 2.24) is 19.4 Å². The number of hydrogen-bond acceptors (Lipinski definition) is 6. The first-order valence-electron chi connectivity index (χ1n) is 5.96. The first-order chi connectivity index (χ1) is 9.61. The molecule has 0 spiro atoms. The van der Waals surface area contributed by atoms with Gasteiger partial charge in [-0.25, -0.2) is 9.97 Å². The predicted octanol–water partition coefficient (Wildman–Crippen LogP) is 1.37. The number of likely N-dealkylation sites (N-methyl/N-ethyl adjacent to an activating group) is 1. The van der Waals surface area contributed by atoms with Crippen LogP contribution in [0.25, 0.3) is 16.7 Å². The fourth-order valence-electron chi connectivity index (χ4n) is 2.17. The molecule has 3 rings (SSSR count). The Morgan fingerprint density at radius 3 is 2.90 bits per heavy atom. The van der Waals surface area contributed by atoms with Gasteiger partial charge in [-0.1, -0.05) is 0 Å². The lowest BCUT2D eigenvalue weighted by molar-refractivity contribution is -0.110. The number of rotatable bonds is 1. The molecule has 3 heterocycles. The molecule has 0 radical (unpaired) electrons. The number of carbonyl (C=O) groups is 1. The molecule has 0 N–H and O–H groups in total. The van der Waals surface area contributed by atoms with Crippen molar-refractivity contribution in [2.45, 2.75) is 0 Å². The van der Waals surface area contributed by atoms with E-state index in [1.54, 1.807) is 28.8 Å². The summed E-state index contributed by atoms with van der Waals surface area (Å²) in [6.07, 6.45) is 1.69. The molecule has 1 fully saturated rings. The third-order valence-electron chi connectivity index (χ3n) is 3.10. The summed E-state index contributed by atoms with van der Waals surface area (Å²) < 4.78 is 1.78. The van der Waals surface area contributed by atoms with Crippen LogP contribution in [0.1, 0.15) is 5.82 Å². The first-order valence-corrected chi connectivity index (χ1v) is 6.77. The highest BCUT2D eigenvalue weighted by Gasteiger charge is 2.28. The molecule has 2 aromatic rings. The summed E-state index contributed by atoms with van der Waals surface area (Å²) in [5, 5.41) is 10.1. The molecular weight excluding hydrogens is 274 g/mol. The zero-order valence-electron chi connectivity index (χ0n) is 11.0. The van der Waals surface area contributed by atoms with Crippen LogP contribution in [-0.4, -0.2) is 38.1 Å². The minimum Gasteiger partial charge on any atom is -0.360 e. The number of nitrogens with zero attached hydrogens (tertiary/aromatic N) is 5. The van der Waals surface area contributed by atoms with Crippen molar-refractivity contribution < 1.29 is 4.79 Å². The second kappa shape index (κ2) is 4.65. The number of carbonyl (C=O) groups excluding carboxylic acids is 1. The molecule has 1 aliphatic rings. The highest BCUT2D eigenvalue weighted by molar-refractivity contribution is 8.17. The summed E-state index contributed by atoms with van der Waals surface area (Å²) in [5.41, 5.74) is 1.85. The van der Waals surface area contributed by atoms with Gasteiger partial charge in [0.2, 0.25) is 5.12 Å². The van der Waals surface area contributed by atoms with E-state index in [-0.39, 0.29) is 5.12 Å². The second-order valence-electron chi connectivity index (χ2n) is 4.46. The van der Waals surface area contributed by atoms with Gasteiger partial charge in [-0.3, -0.25) is 4.79 Å². The van der Waals surface area contributed by atoms with Gasteiger partial charge in [0.1, 0.15) is 22.2 Å². The maximum Gasteiger partial charge on any atom is 0.214 e. The molecule has 0 amide bonds. The molecule has 100 valence electrons. The predicted molar refractivity (Wildman–Crippen MR) is 76.3 cm³/mol. The van der Waals surface area contributed by atoms with Crippen molar-refractivity contribution in [3.8, 4) is 6.07 Å². The molecule has 0 bridgehead atoms. The Labute approximate surface area is 119 Å². The highest BCUT2D eigenvalue weighted by Crippen LogP contribution is 2.34. The molecule has 0 atom stereocenters. The molecule has 0 unspecified atom stereocenters. The van der Waals surface area contributed by atoms with E-state index in [0.717, 1.165) is 17.3 Å². The summed E-state index contributed by atoms with van der Waals surface area (Å²) in [6.45, 7) is 0.313. The minimum absolute atomic E-state index is 0.0344. The van der Waals surface area contributed by atoms with Crippen LogP contribution in [0.2, 0.25) is 0 Å². The summed E-state index contributed by atoms with van der Waals surface area (Å²) in [4.78, 5) is 22.0. The number of nitriles is 1. The minimum atomic E-state index is 0.0344. The fraction of sp³-hybridized carbons (Fsp3) is 0.231. The molecule has 20 heavy (non-hydrogen) atoms. The van der Waals surface area contributed by atoms with E-state index >= 15 is 0 Å². The Hall–Kier alpha value is -2.33. The summed E-state index contributed by atoms with van der Waals surface area (Å²) in [6, 6.07) is 5.82. The third-order valence-corrected chi connectivity index (χ3v) is 4.17. The highest BCUT2D eigenvalue weighted by atomic mass is 32.2. The van der Waals surface area contributed by atoms with Crippen LogP contribution in [0.4, 0.5) is 0 Å². The van der Waals surface area contributed by atoms with Crippen LogP contribution in [0.15, 0.2) is 23.4 Å². The molecule has 1 saturated heterocycles. The number of hydrogen-bond donors (Lipinski definition) is 0. The van der Waals surface area contributed by atoms with Gasteiger partial charge in [-0.2, -0.15) is 5.26 Å². The summed E-state index contributed by atoms with van der Waals surface area (Å²) in [5.74, 6) is 0.533. The van der Waals surface area contributed by atoms with Crippen LogP contribution >= 0.6 is 11.8 Å². The monoisotopic (exact) mass is 285 g/mol. The van der Waals surface area contributed by atoms with Crippen LogP contribution in [0.3, 0.4) is 0 Å². The van der Waals surface area contributed by atoms with Gasteiger partial charge in [-0.05, 0) is 23.9 Å². The van der Waals surface area contributed by atoms with Gasteiger partial charge < -0.3 is 9.47 Å². The average Bonchev–Trinajstić information content (AvgIpc) is 2.93. The molecule has 7 heteroatoms. The number of aromatic nitrogens is 3. The molecule has 1 aliphatic heterocycles. The van der Waals surface area contributed by atoms with Gasteiger partial charge in [0.15, 0.2) is 11.5 Å². The Kier molecular flexibility index (Phi) is 2.95. The van der Waals surface area contributed by atoms with Gasteiger partial charge >= 0.3 is 0 Å². The van der Waals surface area contributed by atoms with E-state index in [2.05, 4.69) is 16.0 Å². The Balaban J connectivity index is 2.23. The van der Waals surface area contributed by atoms with Crippen LogP contribution in [0, 0.1) is 11.3 Å². The average molecular weight is 285 g/mol. The number of aryl methyl sites for hydroxylation is 1. The molecular formula is C13H11N5OS. The molecule has 0 aliphatic carbocycles. The first kappa shape index (κ1) is 12.7. The molecule has 6 nitrogen and oxygen atoms in total. The molecule has 2 aromatic heterocycles. The second-order valence-corrected chi connectivity index (χ2v) is 5.51. The lowest BCUT2D eigenvalue weighted by atomic mass is 10.3. The van der Waals surface area contributed by atoms with Crippen molar-refractivity contribution in [1.29, 1.82) is 5.26 Å². The number of fused-ring (bicyclic) bond motifs is 1. The van der Waals surface area contributed by atoms with Gasteiger partial charge in [-0.15, -0.1) is 0 Å². The van der Waals surface area contributed by atoms with Crippen molar-refractivity contribution in [2.75, 3.05) is 13.6 Å². The summed E-state index contributed by atoms with van der Waals surface area (Å²) >= 11 is 1.09. The van der Waals surface area contributed by atoms with Crippen LogP contribution in [-0.2, 0) is 11.8 Å². The molecule has 0 saturated carbocycles. The lowest BCUT2D eigenvalue weighted by Gasteiger charge is -2.12. The number of imidazole rings is 1.